The molecule has 0 spiro atoms. The van der Waals surface area contributed by atoms with Crippen LogP contribution in [-0.4, -0.2) is 14.2 Å². The van der Waals surface area contributed by atoms with Crippen LogP contribution in [0.2, 0.25) is 5.02 Å². The van der Waals surface area contributed by atoms with Crippen LogP contribution in [0.5, 0.6) is 0 Å². The first-order valence-corrected chi connectivity index (χ1v) is 7.64. The van der Waals surface area contributed by atoms with Crippen LogP contribution in [0.3, 0.4) is 0 Å². The molecule has 0 radical (unpaired) electrons. The zero-order chi connectivity index (χ0) is 13.1. The number of halogens is 1. The van der Waals surface area contributed by atoms with Gasteiger partial charge in [-0.15, -0.1) is 0 Å². The molecular formula is C12H18ClNO2S. The Bertz CT molecular complexity index is 483. The second-order valence-corrected chi connectivity index (χ2v) is 7.05. The van der Waals surface area contributed by atoms with E-state index >= 15 is 0 Å². The predicted octanol–water partition coefficient (Wildman–Crippen LogP) is 3.13. The molecule has 0 aliphatic rings. The molecule has 0 aromatic heterocycles. The molecule has 0 amide bonds. The summed E-state index contributed by atoms with van der Waals surface area (Å²) in [5.74, 6) is 0.623. The quantitative estimate of drug-likeness (QED) is 0.840. The summed E-state index contributed by atoms with van der Waals surface area (Å²) in [5, 5.41) is 0.390. The lowest BCUT2D eigenvalue weighted by atomic mass is 10.1. The molecule has 0 aliphatic heterocycles. The molecule has 0 fully saturated rings. The van der Waals surface area contributed by atoms with Crippen LogP contribution in [0.1, 0.15) is 26.7 Å². The van der Waals surface area contributed by atoms with E-state index in [9.17, 15) is 8.42 Å². The molecule has 3 nitrogen and oxygen atoms in total. The van der Waals surface area contributed by atoms with E-state index in [1.54, 1.807) is 6.07 Å². The number of sulfone groups is 1. The Balaban J connectivity index is 2.86. The lowest BCUT2D eigenvalue weighted by molar-refractivity contribution is 0.560. The van der Waals surface area contributed by atoms with Gasteiger partial charge in [-0.3, -0.25) is 0 Å². The van der Waals surface area contributed by atoms with Gasteiger partial charge in [0.25, 0.3) is 0 Å². The molecule has 17 heavy (non-hydrogen) atoms. The van der Waals surface area contributed by atoms with Gasteiger partial charge in [0.2, 0.25) is 0 Å². The third-order valence-corrected chi connectivity index (χ3v) is 4.59. The maximum Gasteiger partial charge on any atom is 0.180 e. The highest BCUT2D eigenvalue weighted by molar-refractivity contribution is 7.91. The fourth-order valence-electron chi connectivity index (χ4n) is 1.57. The number of hydrogen-bond donors (Lipinski definition) is 1. The zero-order valence-corrected chi connectivity index (χ0v) is 11.7. The van der Waals surface area contributed by atoms with Gasteiger partial charge < -0.3 is 5.73 Å². The maximum atomic E-state index is 12.0. The molecule has 2 N–H and O–H groups in total. The van der Waals surface area contributed by atoms with Gasteiger partial charge in [0.15, 0.2) is 9.84 Å². The monoisotopic (exact) mass is 275 g/mol. The maximum absolute atomic E-state index is 12.0. The Morgan fingerprint density at radius 1 is 1.35 bits per heavy atom. The number of hydrogen-bond acceptors (Lipinski definition) is 3. The number of nitrogens with two attached hydrogens (primary N) is 1. The SMILES string of the molecule is CC(C)CCCS(=O)(=O)c1cc(Cl)ccc1N. The minimum atomic E-state index is -3.32. The highest BCUT2D eigenvalue weighted by Gasteiger charge is 2.17. The van der Waals surface area contributed by atoms with Crippen molar-refractivity contribution in [3.63, 3.8) is 0 Å². The van der Waals surface area contributed by atoms with Crippen LogP contribution >= 0.6 is 11.6 Å². The van der Waals surface area contributed by atoms with Crippen molar-refractivity contribution in [3.8, 4) is 0 Å². The van der Waals surface area contributed by atoms with Crippen molar-refractivity contribution in [2.24, 2.45) is 5.92 Å². The second-order valence-electron chi connectivity index (χ2n) is 4.54. The van der Waals surface area contributed by atoms with E-state index in [2.05, 4.69) is 13.8 Å². The van der Waals surface area contributed by atoms with Gasteiger partial charge in [0.05, 0.1) is 16.3 Å². The zero-order valence-electron chi connectivity index (χ0n) is 10.1. The van der Waals surface area contributed by atoms with Crippen LogP contribution in [0, 0.1) is 5.92 Å². The molecule has 0 atom stereocenters. The normalized spacial score (nSPS) is 12.0. The molecular weight excluding hydrogens is 258 g/mol. The molecule has 0 aliphatic carbocycles. The molecule has 0 unspecified atom stereocenters. The fraction of sp³-hybridized carbons (Fsp3) is 0.500. The van der Waals surface area contributed by atoms with E-state index in [-0.39, 0.29) is 16.3 Å². The van der Waals surface area contributed by atoms with Gasteiger partial charge in [0.1, 0.15) is 0 Å². The standard InChI is InChI=1S/C12H18ClNO2S/c1-9(2)4-3-7-17(15,16)12-8-10(13)5-6-11(12)14/h5-6,8-9H,3-4,7,14H2,1-2H3. The van der Waals surface area contributed by atoms with E-state index < -0.39 is 9.84 Å². The van der Waals surface area contributed by atoms with E-state index in [0.29, 0.717) is 17.4 Å². The van der Waals surface area contributed by atoms with Gasteiger partial charge >= 0.3 is 0 Å². The van der Waals surface area contributed by atoms with Crippen molar-refractivity contribution in [2.75, 3.05) is 11.5 Å². The van der Waals surface area contributed by atoms with Crippen molar-refractivity contribution >= 4 is 27.1 Å². The topological polar surface area (TPSA) is 60.2 Å². The van der Waals surface area contributed by atoms with Crippen molar-refractivity contribution < 1.29 is 8.42 Å². The third kappa shape index (κ3) is 4.21. The molecule has 0 saturated heterocycles. The Kier molecular flexibility index (Phi) is 4.83. The van der Waals surface area contributed by atoms with E-state index in [4.69, 9.17) is 17.3 Å². The summed E-state index contributed by atoms with van der Waals surface area (Å²) in [6.45, 7) is 4.14. The Morgan fingerprint density at radius 3 is 2.59 bits per heavy atom. The molecule has 0 saturated carbocycles. The highest BCUT2D eigenvalue weighted by atomic mass is 35.5. The lowest BCUT2D eigenvalue weighted by Gasteiger charge is -2.09. The van der Waals surface area contributed by atoms with Gasteiger partial charge in [-0.1, -0.05) is 25.4 Å². The summed E-state index contributed by atoms with van der Waals surface area (Å²) in [7, 11) is -3.32. The summed E-state index contributed by atoms with van der Waals surface area (Å²) >= 11 is 5.79. The summed E-state index contributed by atoms with van der Waals surface area (Å²) in [6, 6.07) is 4.53. The molecule has 0 bridgehead atoms. The Labute approximate surface area is 108 Å². The second kappa shape index (κ2) is 5.74. The van der Waals surface area contributed by atoms with E-state index in [0.717, 1.165) is 6.42 Å². The summed E-state index contributed by atoms with van der Waals surface area (Å²) in [5.41, 5.74) is 5.93. The highest BCUT2D eigenvalue weighted by Crippen LogP contribution is 2.24. The van der Waals surface area contributed by atoms with Crippen LogP contribution in [0.15, 0.2) is 23.1 Å². The number of rotatable bonds is 5. The Hall–Kier alpha value is -0.740. The number of benzene rings is 1. The Morgan fingerprint density at radius 2 is 2.00 bits per heavy atom. The van der Waals surface area contributed by atoms with E-state index in [1.165, 1.54) is 12.1 Å². The number of nitrogen functional groups attached to an aromatic ring is 1. The van der Waals surface area contributed by atoms with Gasteiger partial charge in [-0.2, -0.15) is 0 Å². The number of anilines is 1. The largest absolute Gasteiger partial charge is 0.398 e. The average Bonchev–Trinajstić information content (AvgIpc) is 2.20. The minimum absolute atomic E-state index is 0.121. The minimum Gasteiger partial charge on any atom is -0.398 e. The van der Waals surface area contributed by atoms with Crippen molar-refractivity contribution in [1.82, 2.24) is 0 Å². The molecule has 0 heterocycles. The van der Waals surface area contributed by atoms with Crippen LogP contribution in [-0.2, 0) is 9.84 Å². The van der Waals surface area contributed by atoms with Gasteiger partial charge in [0, 0.05) is 5.02 Å². The van der Waals surface area contributed by atoms with Crippen molar-refractivity contribution in [3.05, 3.63) is 23.2 Å². The molecule has 1 aromatic rings. The summed E-state index contributed by atoms with van der Waals surface area (Å²) in [4.78, 5) is 0.147. The van der Waals surface area contributed by atoms with Crippen molar-refractivity contribution in [2.45, 2.75) is 31.6 Å². The first-order chi connectivity index (χ1) is 7.83. The lowest BCUT2D eigenvalue weighted by Crippen LogP contribution is -2.10. The van der Waals surface area contributed by atoms with Gasteiger partial charge in [-0.25, -0.2) is 8.42 Å². The smallest absolute Gasteiger partial charge is 0.180 e. The first-order valence-electron chi connectivity index (χ1n) is 5.60. The molecule has 5 heteroatoms. The summed E-state index contributed by atoms with van der Waals surface area (Å²) < 4.78 is 24.1. The molecule has 1 aromatic carbocycles. The van der Waals surface area contributed by atoms with Crippen molar-refractivity contribution in [1.29, 1.82) is 0 Å². The molecule has 96 valence electrons. The van der Waals surface area contributed by atoms with Crippen LogP contribution in [0.25, 0.3) is 0 Å². The molecule has 1 rings (SSSR count). The predicted molar refractivity (Wildman–Crippen MR) is 72.0 cm³/mol. The summed E-state index contributed by atoms with van der Waals surface area (Å²) in [6.07, 6.45) is 1.53. The fourth-order valence-corrected chi connectivity index (χ4v) is 3.31. The first kappa shape index (κ1) is 14.3. The van der Waals surface area contributed by atoms with Crippen LogP contribution < -0.4 is 5.73 Å². The third-order valence-electron chi connectivity index (χ3n) is 2.51. The average molecular weight is 276 g/mol. The van der Waals surface area contributed by atoms with Crippen LogP contribution in [0.4, 0.5) is 5.69 Å². The van der Waals surface area contributed by atoms with E-state index in [1.807, 2.05) is 0 Å². The van der Waals surface area contributed by atoms with Gasteiger partial charge in [-0.05, 0) is 37.0 Å².